The first-order valence-corrected chi connectivity index (χ1v) is 13.8. The number of thiophene rings is 1. The fourth-order valence-corrected chi connectivity index (χ4v) is 7.17. The summed E-state index contributed by atoms with van der Waals surface area (Å²) in [6.45, 7) is 4.38. The fourth-order valence-electron chi connectivity index (χ4n) is 5.97. The van der Waals surface area contributed by atoms with Crippen LogP contribution in [0.4, 0.5) is 0 Å². The Morgan fingerprint density at radius 2 is 1.42 bits per heavy atom. The van der Waals surface area contributed by atoms with Gasteiger partial charge in [-0.1, -0.05) is 60.2 Å². The molecule has 3 heterocycles. The molecule has 0 saturated carbocycles. The van der Waals surface area contributed by atoms with Crippen molar-refractivity contribution in [2.45, 2.75) is 13.8 Å². The van der Waals surface area contributed by atoms with E-state index in [0.717, 1.165) is 5.65 Å². The Balaban J connectivity index is 1.34. The molecule has 0 fully saturated rings. The second-order valence-corrected chi connectivity index (χ2v) is 11.3. The zero-order valence-electron chi connectivity index (χ0n) is 21.2. The number of rotatable bonds is 2. The third-order valence-corrected chi connectivity index (χ3v) is 8.95. The van der Waals surface area contributed by atoms with Crippen LogP contribution >= 0.6 is 11.3 Å². The van der Waals surface area contributed by atoms with Crippen molar-refractivity contribution in [1.29, 1.82) is 0 Å². The average Bonchev–Trinajstić information content (AvgIpc) is 3.58. The third kappa shape index (κ3) is 3.15. The van der Waals surface area contributed by atoms with Gasteiger partial charge in [0, 0.05) is 43.3 Å². The molecule has 2 nitrogen and oxygen atoms in total. The monoisotopic (exact) mass is 504 g/mol. The van der Waals surface area contributed by atoms with Gasteiger partial charge in [-0.25, -0.2) is 4.98 Å². The van der Waals surface area contributed by atoms with Crippen LogP contribution in [0, 0.1) is 13.8 Å². The molecule has 8 aromatic rings. The topological polar surface area (TPSA) is 17.3 Å². The van der Waals surface area contributed by atoms with E-state index in [-0.39, 0.29) is 0 Å². The van der Waals surface area contributed by atoms with E-state index in [9.17, 15) is 0 Å². The van der Waals surface area contributed by atoms with Gasteiger partial charge < -0.3 is 0 Å². The highest BCUT2D eigenvalue weighted by Gasteiger charge is 2.14. The molecule has 0 radical (unpaired) electrons. The van der Waals surface area contributed by atoms with Gasteiger partial charge in [0.05, 0.1) is 5.52 Å². The van der Waals surface area contributed by atoms with Gasteiger partial charge in [0.1, 0.15) is 5.65 Å². The van der Waals surface area contributed by atoms with Gasteiger partial charge in [0.2, 0.25) is 0 Å². The highest BCUT2D eigenvalue weighted by atomic mass is 32.1. The summed E-state index contributed by atoms with van der Waals surface area (Å²) in [5.74, 6) is 0. The Morgan fingerprint density at radius 1 is 0.605 bits per heavy atom. The summed E-state index contributed by atoms with van der Waals surface area (Å²) in [7, 11) is 0. The lowest BCUT2D eigenvalue weighted by molar-refractivity contribution is 1.27. The maximum absolute atomic E-state index is 4.64. The summed E-state index contributed by atoms with van der Waals surface area (Å²) in [5.41, 5.74) is 9.80. The number of benzene rings is 5. The summed E-state index contributed by atoms with van der Waals surface area (Å²) >= 11 is 1.90. The zero-order chi connectivity index (χ0) is 25.4. The number of imidazole rings is 1. The van der Waals surface area contributed by atoms with Crippen LogP contribution in [0.2, 0.25) is 0 Å². The molecular weight excluding hydrogens is 480 g/mol. The number of nitrogens with zero attached hydrogens (tertiary/aromatic N) is 2. The third-order valence-electron chi connectivity index (χ3n) is 7.73. The number of aryl methyl sites for hydroxylation is 2. The minimum atomic E-state index is 1.00. The van der Waals surface area contributed by atoms with Gasteiger partial charge >= 0.3 is 0 Å². The van der Waals surface area contributed by atoms with Gasteiger partial charge in [0.25, 0.3) is 0 Å². The summed E-state index contributed by atoms with van der Waals surface area (Å²) < 4.78 is 4.91. The maximum Gasteiger partial charge on any atom is 0.145 e. The second-order valence-electron chi connectivity index (χ2n) is 10.3. The van der Waals surface area contributed by atoms with E-state index >= 15 is 0 Å². The minimum absolute atomic E-state index is 1.00. The molecule has 0 bridgehead atoms. The SMILES string of the molecule is Cc1ccc2sc3c(-c4cccc(-c5ccc6c(c5)c5ccccc5c5nccn65)c4)cc(C)cc3c2c1. The molecule has 5 aromatic carbocycles. The van der Waals surface area contributed by atoms with Crippen LogP contribution in [0.5, 0.6) is 0 Å². The molecule has 0 amide bonds. The highest BCUT2D eigenvalue weighted by molar-refractivity contribution is 7.26. The van der Waals surface area contributed by atoms with Crippen LogP contribution in [0.15, 0.2) is 109 Å². The van der Waals surface area contributed by atoms with Crippen LogP contribution in [-0.4, -0.2) is 9.38 Å². The largest absolute Gasteiger partial charge is 0.299 e. The van der Waals surface area contributed by atoms with Gasteiger partial charge in [-0.15, -0.1) is 11.3 Å². The molecule has 180 valence electrons. The summed E-state index contributed by atoms with van der Waals surface area (Å²) in [5, 5.41) is 6.37. The average molecular weight is 505 g/mol. The molecule has 0 saturated heterocycles. The predicted molar refractivity (Wildman–Crippen MR) is 163 cm³/mol. The van der Waals surface area contributed by atoms with E-state index in [1.165, 1.54) is 75.2 Å². The standard InChI is InChI=1S/C35H24N2S/c1-21-10-13-33-30(16-21)31-18-22(2)17-28(34(31)38-33)25-7-5-6-23(19-25)24-11-12-32-29(20-24)26-8-3-4-9-27(26)35-36-14-15-37(32)35/h3-20H,1-2H3. The number of aromatic nitrogens is 2. The normalized spacial score (nSPS) is 11.9. The molecule has 0 atom stereocenters. The fraction of sp³-hybridized carbons (Fsp3) is 0.0571. The molecule has 3 heteroatoms. The number of pyridine rings is 1. The Bertz CT molecular complexity index is 2210. The first-order valence-electron chi connectivity index (χ1n) is 13.0. The number of hydrogen-bond acceptors (Lipinski definition) is 2. The minimum Gasteiger partial charge on any atom is -0.299 e. The van der Waals surface area contributed by atoms with Crippen molar-refractivity contribution in [2.24, 2.45) is 0 Å². The van der Waals surface area contributed by atoms with E-state index in [1.807, 2.05) is 17.5 Å². The number of fused-ring (bicyclic) bond motifs is 9. The quantitative estimate of drug-likeness (QED) is 0.214. The first-order chi connectivity index (χ1) is 18.6. The van der Waals surface area contributed by atoms with Gasteiger partial charge in [-0.2, -0.15) is 0 Å². The number of hydrogen-bond donors (Lipinski definition) is 0. The lowest BCUT2D eigenvalue weighted by Crippen LogP contribution is -1.91. The van der Waals surface area contributed by atoms with Crippen molar-refractivity contribution in [2.75, 3.05) is 0 Å². The summed E-state index contributed by atoms with van der Waals surface area (Å²) in [4.78, 5) is 4.64. The lowest BCUT2D eigenvalue weighted by atomic mass is 9.95. The molecule has 8 rings (SSSR count). The molecule has 0 aliphatic carbocycles. The van der Waals surface area contributed by atoms with E-state index in [0.29, 0.717) is 0 Å². The van der Waals surface area contributed by atoms with Crippen molar-refractivity contribution in [3.05, 3.63) is 121 Å². The lowest BCUT2D eigenvalue weighted by Gasteiger charge is -2.12. The Labute approximate surface area is 224 Å². The molecule has 0 N–H and O–H groups in total. The van der Waals surface area contributed by atoms with Crippen molar-refractivity contribution in [3.63, 3.8) is 0 Å². The van der Waals surface area contributed by atoms with Crippen LogP contribution in [0.25, 0.3) is 69.7 Å². The second kappa shape index (κ2) is 8.01. The highest BCUT2D eigenvalue weighted by Crippen LogP contribution is 2.42. The van der Waals surface area contributed by atoms with Crippen LogP contribution < -0.4 is 0 Å². The van der Waals surface area contributed by atoms with E-state index in [2.05, 4.69) is 126 Å². The first kappa shape index (κ1) is 21.6. The van der Waals surface area contributed by atoms with Crippen LogP contribution in [0.3, 0.4) is 0 Å². The molecule has 38 heavy (non-hydrogen) atoms. The van der Waals surface area contributed by atoms with E-state index < -0.39 is 0 Å². The summed E-state index contributed by atoms with van der Waals surface area (Å²) in [6.07, 6.45) is 3.94. The van der Waals surface area contributed by atoms with Crippen molar-refractivity contribution in [1.82, 2.24) is 9.38 Å². The van der Waals surface area contributed by atoms with Crippen LogP contribution in [0.1, 0.15) is 11.1 Å². The van der Waals surface area contributed by atoms with Gasteiger partial charge in [-0.05, 0) is 89.5 Å². The molecule has 0 aliphatic rings. The molecule has 0 aliphatic heterocycles. The van der Waals surface area contributed by atoms with Crippen molar-refractivity contribution in [3.8, 4) is 22.3 Å². The maximum atomic E-state index is 4.64. The smallest absolute Gasteiger partial charge is 0.145 e. The molecule has 3 aromatic heterocycles. The van der Waals surface area contributed by atoms with Crippen LogP contribution in [-0.2, 0) is 0 Å². The van der Waals surface area contributed by atoms with E-state index in [1.54, 1.807) is 0 Å². The summed E-state index contributed by atoms with van der Waals surface area (Å²) in [6, 6.07) is 35.9. The molecular formula is C35H24N2S. The van der Waals surface area contributed by atoms with Crippen molar-refractivity contribution < 1.29 is 0 Å². The Morgan fingerprint density at radius 3 is 2.34 bits per heavy atom. The predicted octanol–water partition coefficient (Wildman–Crippen LogP) is 9.96. The molecule has 0 spiro atoms. The van der Waals surface area contributed by atoms with Gasteiger partial charge in [0.15, 0.2) is 0 Å². The zero-order valence-corrected chi connectivity index (χ0v) is 22.0. The van der Waals surface area contributed by atoms with Gasteiger partial charge in [-0.3, -0.25) is 4.40 Å². The Hall–Kier alpha value is -4.47. The van der Waals surface area contributed by atoms with E-state index in [4.69, 9.17) is 0 Å². The Kier molecular flexibility index (Phi) is 4.55. The molecule has 0 unspecified atom stereocenters. The van der Waals surface area contributed by atoms with Crippen molar-refractivity contribution >= 4 is 58.8 Å².